The Morgan fingerprint density at radius 3 is 2.75 bits per heavy atom. The Balaban J connectivity index is 2.32. The number of rotatable bonds is 2. The van der Waals surface area contributed by atoms with Crippen LogP contribution in [0.1, 0.15) is 35.7 Å². The molecule has 1 fully saturated rings. The number of aromatic nitrogens is 1. The molecule has 0 aliphatic heterocycles. The molecule has 0 spiro atoms. The van der Waals surface area contributed by atoms with Gasteiger partial charge in [-0.25, -0.2) is 0 Å². The van der Waals surface area contributed by atoms with Crippen molar-refractivity contribution in [2.75, 3.05) is 0 Å². The Hall–Kier alpha value is -0.890. The molecule has 2 heteroatoms. The third kappa shape index (κ3) is 1.34. The summed E-state index contributed by atoms with van der Waals surface area (Å²) in [7, 11) is 0. The molecule has 1 heterocycles. The van der Waals surface area contributed by atoms with Crippen molar-refractivity contribution in [3.63, 3.8) is 0 Å². The maximum Gasteiger partial charge on any atom is 0.0542 e. The Morgan fingerprint density at radius 1 is 1.50 bits per heavy atom. The van der Waals surface area contributed by atoms with Crippen LogP contribution in [0.15, 0.2) is 12.1 Å². The summed E-state index contributed by atoms with van der Waals surface area (Å²) in [5.41, 5.74) is 9.09. The molecule has 1 aromatic heterocycles. The van der Waals surface area contributed by atoms with Crippen molar-refractivity contribution in [2.45, 2.75) is 32.2 Å². The van der Waals surface area contributed by atoms with Crippen LogP contribution in [0.4, 0.5) is 0 Å². The molecule has 64 valence electrons. The highest BCUT2D eigenvalue weighted by molar-refractivity contribution is 5.28. The summed E-state index contributed by atoms with van der Waals surface area (Å²) in [6.07, 6.45) is 2.68. The fourth-order valence-corrected chi connectivity index (χ4v) is 1.56. The second-order valence-electron chi connectivity index (χ2n) is 3.46. The molecular formula is C10H14N2. The summed E-state index contributed by atoms with van der Waals surface area (Å²) in [5, 5.41) is 0. The fraction of sp³-hybridized carbons (Fsp3) is 0.500. The third-order valence-corrected chi connectivity index (χ3v) is 2.41. The molecule has 1 saturated carbocycles. The van der Waals surface area contributed by atoms with Gasteiger partial charge in [0.2, 0.25) is 0 Å². The first kappa shape index (κ1) is 7.74. The van der Waals surface area contributed by atoms with Gasteiger partial charge < -0.3 is 5.73 Å². The number of nitrogens with zero attached hydrogens (tertiary/aromatic N) is 1. The molecule has 0 saturated heterocycles. The summed E-state index contributed by atoms with van der Waals surface area (Å²) < 4.78 is 0. The summed E-state index contributed by atoms with van der Waals surface area (Å²) in [6.45, 7) is 2.62. The lowest BCUT2D eigenvalue weighted by Crippen LogP contribution is -2.02. The largest absolute Gasteiger partial charge is 0.325 e. The average molecular weight is 162 g/mol. The summed E-state index contributed by atoms with van der Waals surface area (Å²) >= 11 is 0. The second-order valence-corrected chi connectivity index (χ2v) is 3.46. The van der Waals surface area contributed by atoms with E-state index in [0.717, 1.165) is 11.6 Å². The lowest BCUT2D eigenvalue weighted by atomic mass is 10.1. The van der Waals surface area contributed by atoms with Crippen LogP contribution in [0.2, 0.25) is 0 Å². The zero-order chi connectivity index (χ0) is 8.55. The molecule has 2 nitrogen and oxygen atoms in total. The Kier molecular flexibility index (Phi) is 1.85. The van der Waals surface area contributed by atoms with Gasteiger partial charge in [-0.05, 0) is 37.3 Å². The van der Waals surface area contributed by atoms with Gasteiger partial charge in [0, 0.05) is 12.2 Å². The quantitative estimate of drug-likeness (QED) is 0.719. The van der Waals surface area contributed by atoms with Crippen molar-refractivity contribution in [3.8, 4) is 0 Å². The molecule has 0 unspecified atom stereocenters. The van der Waals surface area contributed by atoms with Gasteiger partial charge in [0.15, 0.2) is 0 Å². The van der Waals surface area contributed by atoms with E-state index in [1.807, 2.05) is 6.07 Å². The van der Waals surface area contributed by atoms with Crippen LogP contribution in [-0.2, 0) is 6.54 Å². The fourth-order valence-electron chi connectivity index (χ4n) is 1.56. The van der Waals surface area contributed by atoms with Crippen LogP contribution in [0, 0.1) is 6.92 Å². The Labute approximate surface area is 72.8 Å². The van der Waals surface area contributed by atoms with Gasteiger partial charge in [-0.15, -0.1) is 0 Å². The van der Waals surface area contributed by atoms with E-state index in [9.17, 15) is 0 Å². The smallest absolute Gasteiger partial charge is 0.0542 e. The molecule has 0 bridgehead atoms. The van der Waals surface area contributed by atoms with E-state index in [-0.39, 0.29) is 0 Å². The van der Waals surface area contributed by atoms with Gasteiger partial charge in [0.05, 0.1) is 5.69 Å². The van der Waals surface area contributed by atoms with E-state index in [1.165, 1.54) is 24.1 Å². The first-order valence-electron chi connectivity index (χ1n) is 4.47. The van der Waals surface area contributed by atoms with E-state index in [1.54, 1.807) is 0 Å². The molecule has 1 aliphatic carbocycles. The number of pyridine rings is 1. The van der Waals surface area contributed by atoms with Crippen LogP contribution < -0.4 is 5.73 Å². The van der Waals surface area contributed by atoms with Crippen LogP contribution >= 0.6 is 0 Å². The zero-order valence-electron chi connectivity index (χ0n) is 7.38. The monoisotopic (exact) mass is 162 g/mol. The molecule has 0 amide bonds. The van der Waals surface area contributed by atoms with E-state index in [2.05, 4.69) is 18.0 Å². The van der Waals surface area contributed by atoms with Crippen molar-refractivity contribution >= 4 is 0 Å². The Bertz CT molecular complexity index is 290. The molecule has 1 aromatic rings. The highest BCUT2D eigenvalue weighted by atomic mass is 14.7. The zero-order valence-corrected chi connectivity index (χ0v) is 7.38. The highest BCUT2D eigenvalue weighted by Gasteiger charge is 2.25. The second kappa shape index (κ2) is 2.87. The van der Waals surface area contributed by atoms with Gasteiger partial charge >= 0.3 is 0 Å². The number of aryl methyl sites for hydroxylation is 1. The average Bonchev–Trinajstić information content (AvgIpc) is 2.87. The Morgan fingerprint density at radius 2 is 2.25 bits per heavy atom. The van der Waals surface area contributed by atoms with E-state index < -0.39 is 0 Å². The first-order chi connectivity index (χ1) is 5.81. The number of nitrogens with two attached hydrogens (primary N) is 1. The maximum atomic E-state index is 5.50. The molecule has 1 aliphatic rings. The minimum absolute atomic E-state index is 0.547. The third-order valence-electron chi connectivity index (χ3n) is 2.41. The van der Waals surface area contributed by atoms with Crippen LogP contribution in [0.25, 0.3) is 0 Å². The summed E-state index contributed by atoms with van der Waals surface area (Å²) in [4.78, 5) is 4.43. The lowest BCUT2D eigenvalue weighted by molar-refractivity contribution is 0.938. The molecule has 2 rings (SSSR count). The van der Waals surface area contributed by atoms with Gasteiger partial charge in [-0.2, -0.15) is 0 Å². The number of hydrogen-bond acceptors (Lipinski definition) is 2. The highest BCUT2D eigenvalue weighted by Crippen LogP contribution is 2.40. The van der Waals surface area contributed by atoms with Crippen molar-refractivity contribution in [2.24, 2.45) is 5.73 Å². The van der Waals surface area contributed by atoms with Gasteiger partial charge in [-0.3, -0.25) is 4.98 Å². The molecule has 0 atom stereocenters. The SMILES string of the molecule is Cc1nc(CN)ccc1C1CC1. The minimum atomic E-state index is 0.547. The van der Waals surface area contributed by atoms with Gasteiger partial charge in [0.1, 0.15) is 0 Å². The van der Waals surface area contributed by atoms with Crippen molar-refractivity contribution in [3.05, 3.63) is 29.1 Å². The van der Waals surface area contributed by atoms with Crippen molar-refractivity contribution < 1.29 is 0 Å². The standard InChI is InChI=1S/C10H14N2/c1-7-10(8-2-3-8)5-4-9(6-11)12-7/h4-5,8H,2-3,6,11H2,1H3. The topological polar surface area (TPSA) is 38.9 Å². The minimum Gasteiger partial charge on any atom is -0.325 e. The summed E-state index contributed by atoms with van der Waals surface area (Å²) in [5.74, 6) is 0.796. The molecule has 0 radical (unpaired) electrons. The van der Waals surface area contributed by atoms with Crippen LogP contribution in [0.5, 0.6) is 0 Å². The van der Waals surface area contributed by atoms with E-state index >= 15 is 0 Å². The van der Waals surface area contributed by atoms with Crippen molar-refractivity contribution in [1.82, 2.24) is 4.98 Å². The predicted octanol–water partition coefficient (Wildman–Crippen LogP) is 1.73. The van der Waals surface area contributed by atoms with Crippen molar-refractivity contribution in [1.29, 1.82) is 0 Å². The van der Waals surface area contributed by atoms with Gasteiger partial charge in [-0.1, -0.05) is 6.07 Å². The maximum absolute atomic E-state index is 5.50. The lowest BCUT2D eigenvalue weighted by Gasteiger charge is -2.04. The summed E-state index contributed by atoms with van der Waals surface area (Å²) in [6, 6.07) is 4.23. The van der Waals surface area contributed by atoms with E-state index in [0.29, 0.717) is 6.54 Å². The first-order valence-corrected chi connectivity index (χ1v) is 4.47. The van der Waals surface area contributed by atoms with Crippen LogP contribution in [0.3, 0.4) is 0 Å². The normalized spacial score (nSPS) is 16.5. The number of hydrogen-bond donors (Lipinski definition) is 1. The van der Waals surface area contributed by atoms with Crippen LogP contribution in [-0.4, -0.2) is 4.98 Å². The molecule has 0 aromatic carbocycles. The van der Waals surface area contributed by atoms with E-state index in [4.69, 9.17) is 5.73 Å². The molecular weight excluding hydrogens is 148 g/mol. The molecule has 12 heavy (non-hydrogen) atoms. The predicted molar refractivity (Wildman–Crippen MR) is 48.8 cm³/mol. The van der Waals surface area contributed by atoms with Gasteiger partial charge in [0.25, 0.3) is 0 Å². The molecule has 2 N–H and O–H groups in total.